The Balaban J connectivity index is 1.27. The lowest BCUT2D eigenvalue weighted by Gasteiger charge is -2.22. The van der Waals surface area contributed by atoms with Crippen LogP contribution in [0.15, 0.2) is 140 Å². The summed E-state index contributed by atoms with van der Waals surface area (Å²) < 4.78 is 0. The van der Waals surface area contributed by atoms with Crippen molar-refractivity contribution in [1.82, 2.24) is 4.98 Å². The Morgan fingerprint density at radius 3 is 1.86 bits per heavy atom. The fraction of sp³-hybridized carbons (Fsp3) is 0.0714. The number of pyridine rings is 1. The molecule has 0 amide bonds. The van der Waals surface area contributed by atoms with E-state index in [2.05, 4.69) is 145 Å². The maximum absolute atomic E-state index is 4.27. The minimum Gasteiger partial charge on any atom is -0.264 e. The normalized spacial score (nSPS) is 12.7. The molecule has 0 fully saturated rings. The van der Waals surface area contributed by atoms with E-state index in [1.165, 1.54) is 82.8 Å². The minimum absolute atomic E-state index is 1.05. The first-order valence-electron chi connectivity index (χ1n) is 15.1. The lowest BCUT2D eigenvalue weighted by Crippen LogP contribution is -2.01. The molecule has 1 aromatic heterocycles. The monoisotopic (exact) mass is 549 g/mol. The third-order valence-electron chi connectivity index (χ3n) is 9.00. The van der Waals surface area contributed by atoms with Crippen LogP contribution in [0.5, 0.6) is 0 Å². The maximum atomic E-state index is 4.27. The zero-order valence-corrected chi connectivity index (χ0v) is 24.2. The van der Waals surface area contributed by atoms with Crippen LogP contribution in [-0.2, 0) is 6.42 Å². The summed E-state index contributed by atoms with van der Waals surface area (Å²) in [4.78, 5) is 4.27. The van der Waals surface area contributed by atoms with E-state index in [0.717, 1.165) is 12.8 Å². The van der Waals surface area contributed by atoms with Gasteiger partial charge in [0, 0.05) is 12.4 Å². The van der Waals surface area contributed by atoms with Gasteiger partial charge in [0.25, 0.3) is 0 Å². The maximum Gasteiger partial charge on any atom is 0.0303 e. The van der Waals surface area contributed by atoms with Crippen molar-refractivity contribution in [2.45, 2.75) is 19.8 Å². The highest BCUT2D eigenvalue weighted by atomic mass is 14.6. The average molecular weight is 550 g/mol. The third kappa shape index (κ3) is 4.45. The highest BCUT2D eigenvalue weighted by Gasteiger charge is 2.20. The second kappa shape index (κ2) is 10.5. The number of fused-ring (bicyclic) bond motifs is 3. The van der Waals surface area contributed by atoms with Crippen molar-refractivity contribution in [2.75, 3.05) is 0 Å². The van der Waals surface area contributed by atoms with E-state index in [4.69, 9.17) is 0 Å². The van der Waals surface area contributed by atoms with Crippen LogP contribution in [0, 0.1) is 6.92 Å². The Labute approximate surface area is 252 Å². The molecule has 8 rings (SSSR count). The van der Waals surface area contributed by atoms with Crippen LogP contribution < -0.4 is 0 Å². The Hall–Kier alpha value is -5.27. The Morgan fingerprint density at radius 2 is 1.14 bits per heavy atom. The van der Waals surface area contributed by atoms with Gasteiger partial charge in [0.2, 0.25) is 0 Å². The summed E-state index contributed by atoms with van der Waals surface area (Å²) in [6.45, 7) is 2.12. The van der Waals surface area contributed by atoms with Crippen LogP contribution in [0.1, 0.15) is 28.7 Å². The highest BCUT2D eigenvalue weighted by molar-refractivity contribution is 6.19. The molecule has 1 nitrogen and oxygen atoms in total. The Kier molecular flexibility index (Phi) is 6.23. The van der Waals surface area contributed by atoms with Gasteiger partial charge in [-0.05, 0) is 115 Å². The van der Waals surface area contributed by atoms with Crippen molar-refractivity contribution in [3.63, 3.8) is 0 Å². The van der Waals surface area contributed by atoms with E-state index in [-0.39, 0.29) is 0 Å². The van der Waals surface area contributed by atoms with Crippen LogP contribution in [-0.4, -0.2) is 4.98 Å². The zero-order valence-electron chi connectivity index (χ0n) is 24.2. The zero-order chi connectivity index (χ0) is 28.8. The smallest absolute Gasteiger partial charge is 0.0303 e. The minimum atomic E-state index is 1.05. The summed E-state index contributed by atoms with van der Waals surface area (Å²) in [5, 5.41) is 5.26. The van der Waals surface area contributed by atoms with Crippen LogP contribution in [0.2, 0.25) is 0 Å². The van der Waals surface area contributed by atoms with Gasteiger partial charge in [0.1, 0.15) is 0 Å². The SMILES string of the molecule is Cc1cnccc1-c1cccc(-c2ccc(-c3c4ccccc4c(C4=Cc5ccccc5CC4)c4ccccc34)cc2)c1. The molecule has 1 heterocycles. The van der Waals surface area contributed by atoms with Crippen molar-refractivity contribution in [2.24, 2.45) is 0 Å². The number of aryl methyl sites for hydroxylation is 2. The number of nitrogens with zero attached hydrogens (tertiary/aromatic N) is 1. The molecular weight excluding hydrogens is 518 g/mol. The van der Waals surface area contributed by atoms with E-state index >= 15 is 0 Å². The van der Waals surface area contributed by atoms with Crippen LogP contribution in [0.25, 0.3) is 66.6 Å². The molecule has 0 N–H and O–H groups in total. The number of aromatic nitrogens is 1. The molecule has 0 radical (unpaired) electrons. The first-order valence-corrected chi connectivity index (χ1v) is 15.1. The van der Waals surface area contributed by atoms with E-state index in [0.29, 0.717) is 0 Å². The van der Waals surface area contributed by atoms with Crippen LogP contribution >= 0.6 is 0 Å². The number of benzene rings is 6. The van der Waals surface area contributed by atoms with Gasteiger partial charge in [0.05, 0.1) is 0 Å². The average Bonchev–Trinajstić information content (AvgIpc) is 3.07. The predicted octanol–water partition coefficient (Wildman–Crippen LogP) is 11.2. The van der Waals surface area contributed by atoms with Gasteiger partial charge in [0.15, 0.2) is 0 Å². The molecule has 1 heteroatoms. The topological polar surface area (TPSA) is 12.9 Å². The predicted molar refractivity (Wildman–Crippen MR) is 183 cm³/mol. The van der Waals surface area contributed by atoms with Crippen LogP contribution in [0.4, 0.5) is 0 Å². The second-order valence-electron chi connectivity index (χ2n) is 11.6. The van der Waals surface area contributed by atoms with Gasteiger partial charge >= 0.3 is 0 Å². The standard InChI is InChI=1S/C42H31N/c1-28-27-43-24-23-36(28)34-12-8-11-33(25-34)30-17-20-31(21-18-30)41-37-13-4-6-15-39(37)42(40-16-7-5-14-38(40)41)35-22-19-29-9-2-3-10-32(29)26-35/h2-18,20-21,23-27H,19,22H2,1H3. The molecule has 0 saturated heterocycles. The molecule has 1 aliphatic rings. The molecule has 0 saturated carbocycles. The largest absolute Gasteiger partial charge is 0.264 e. The summed E-state index contributed by atoms with van der Waals surface area (Å²) in [6, 6.07) is 46.8. The molecule has 0 unspecified atom stereocenters. The molecule has 43 heavy (non-hydrogen) atoms. The van der Waals surface area contributed by atoms with Crippen molar-refractivity contribution in [3.8, 4) is 33.4 Å². The van der Waals surface area contributed by atoms with Crippen molar-refractivity contribution in [3.05, 3.63) is 162 Å². The van der Waals surface area contributed by atoms with Crippen molar-refractivity contribution >= 4 is 33.2 Å². The fourth-order valence-corrected chi connectivity index (χ4v) is 6.91. The number of rotatable bonds is 4. The first kappa shape index (κ1) is 25.4. The number of allylic oxidation sites excluding steroid dienone is 1. The Bertz CT molecular complexity index is 2130. The summed E-state index contributed by atoms with van der Waals surface area (Å²) >= 11 is 0. The van der Waals surface area contributed by atoms with Gasteiger partial charge in [-0.3, -0.25) is 4.98 Å². The van der Waals surface area contributed by atoms with Gasteiger partial charge in [-0.2, -0.15) is 0 Å². The summed E-state index contributed by atoms with van der Waals surface area (Å²) in [6.07, 6.45) is 8.35. The molecule has 0 spiro atoms. The molecule has 0 bridgehead atoms. The molecule has 6 aromatic carbocycles. The van der Waals surface area contributed by atoms with E-state index < -0.39 is 0 Å². The summed E-state index contributed by atoms with van der Waals surface area (Å²) in [5.74, 6) is 0. The van der Waals surface area contributed by atoms with Gasteiger partial charge in [-0.25, -0.2) is 0 Å². The highest BCUT2D eigenvalue weighted by Crippen LogP contribution is 2.44. The quantitative estimate of drug-likeness (QED) is 0.199. The lowest BCUT2D eigenvalue weighted by molar-refractivity contribution is 1.00. The van der Waals surface area contributed by atoms with Crippen molar-refractivity contribution in [1.29, 1.82) is 0 Å². The summed E-state index contributed by atoms with van der Waals surface area (Å²) in [5.41, 5.74) is 14.2. The molecular formula is C42H31N. The Morgan fingerprint density at radius 1 is 0.512 bits per heavy atom. The van der Waals surface area contributed by atoms with Gasteiger partial charge in [-0.15, -0.1) is 0 Å². The van der Waals surface area contributed by atoms with E-state index in [1.807, 2.05) is 12.4 Å². The lowest BCUT2D eigenvalue weighted by atomic mass is 9.81. The molecule has 0 aliphatic heterocycles. The van der Waals surface area contributed by atoms with E-state index in [9.17, 15) is 0 Å². The fourth-order valence-electron chi connectivity index (χ4n) is 6.91. The molecule has 7 aromatic rings. The molecule has 0 atom stereocenters. The second-order valence-corrected chi connectivity index (χ2v) is 11.6. The number of hydrogen-bond acceptors (Lipinski definition) is 1. The van der Waals surface area contributed by atoms with Crippen LogP contribution in [0.3, 0.4) is 0 Å². The number of hydrogen-bond donors (Lipinski definition) is 0. The first-order chi connectivity index (χ1) is 21.2. The van der Waals surface area contributed by atoms with Gasteiger partial charge in [-0.1, -0.05) is 121 Å². The van der Waals surface area contributed by atoms with E-state index in [1.54, 1.807) is 0 Å². The third-order valence-corrected chi connectivity index (χ3v) is 9.00. The summed E-state index contributed by atoms with van der Waals surface area (Å²) in [7, 11) is 0. The molecule has 204 valence electrons. The van der Waals surface area contributed by atoms with Gasteiger partial charge < -0.3 is 0 Å². The van der Waals surface area contributed by atoms with Crippen molar-refractivity contribution < 1.29 is 0 Å². The molecule has 1 aliphatic carbocycles.